The molecule has 0 spiro atoms. The molecule has 128 valence electrons. The molecule has 1 aliphatic rings. The molecule has 1 fully saturated rings. The first-order valence-corrected chi connectivity index (χ1v) is 12.7. The SMILES string of the molecule is CC(=O)SCCCC[C@@]1(O[Si](C)(C)C)CO[C@@H]1c1ccccc1. The maximum atomic E-state index is 11.0. The molecule has 1 aromatic carbocycles. The summed E-state index contributed by atoms with van der Waals surface area (Å²) in [6.07, 6.45) is 3.14. The number of benzene rings is 1. The molecule has 1 aliphatic heterocycles. The van der Waals surface area contributed by atoms with Crippen molar-refractivity contribution in [1.29, 1.82) is 0 Å². The molecule has 0 N–H and O–H groups in total. The fourth-order valence-electron chi connectivity index (χ4n) is 3.07. The molecule has 0 radical (unpaired) electrons. The Balaban J connectivity index is 2.00. The van der Waals surface area contributed by atoms with Gasteiger partial charge in [-0.3, -0.25) is 4.79 Å². The minimum atomic E-state index is -1.66. The van der Waals surface area contributed by atoms with Gasteiger partial charge < -0.3 is 9.16 Å². The van der Waals surface area contributed by atoms with Crippen LogP contribution in [0.2, 0.25) is 19.6 Å². The zero-order valence-electron chi connectivity index (χ0n) is 14.6. The molecule has 0 amide bonds. The molecule has 2 rings (SSSR count). The van der Waals surface area contributed by atoms with E-state index in [9.17, 15) is 4.79 Å². The smallest absolute Gasteiger partial charge is 0.185 e. The van der Waals surface area contributed by atoms with Gasteiger partial charge in [-0.25, -0.2) is 0 Å². The summed E-state index contributed by atoms with van der Waals surface area (Å²) in [5.41, 5.74) is 1.02. The monoisotopic (exact) mass is 352 g/mol. The second-order valence-electron chi connectivity index (χ2n) is 7.18. The van der Waals surface area contributed by atoms with Crippen LogP contribution in [0.3, 0.4) is 0 Å². The van der Waals surface area contributed by atoms with Crippen LogP contribution >= 0.6 is 11.8 Å². The van der Waals surface area contributed by atoms with Crippen molar-refractivity contribution in [2.24, 2.45) is 0 Å². The Morgan fingerprint density at radius 2 is 2.00 bits per heavy atom. The van der Waals surface area contributed by atoms with Gasteiger partial charge in [0.25, 0.3) is 0 Å². The van der Waals surface area contributed by atoms with Crippen LogP contribution in [0.15, 0.2) is 30.3 Å². The zero-order valence-corrected chi connectivity index (χ0v) is 16.4. The Kier molecular flexibility index (Phi) is 6.48. The van der Waals surface area contributed by atoms with Gasteiger partial charge in [-0.15, -0.1) is 0 Å². The van der Waals surface area contributed by atoms with Crippen molar-refractivity contribution in [3.8, 4) is 0 Å². The van der Waals surface area contributed by atoms with E-state index in [1.54, 1.807) is 6.92 Å². The number of carbonyl (C=O) groups is 1. The highest BCUT2D eigenvalue weighted by molar-refractivity contribution is 8.13. The van der Waals surface area contributed by atoms with E-state index in [2.05, 4.69) is 43.9 Å². The molecule has 5 heteroatoms. The second-order valence-corrected chi connectivity index (χ2v) is 12.9. The lowest BCUT2D eigenvalue weighted by molar-refractivity contribution is -0.234. The Morgan fingerprint density at radius 1 is 1.30 bits per heavy atom. The molecule has 3 nitrogen and oxygen atoms in total. The molecule has 0 unspecified atom stereocenters. The van der Waals surface area contributed by atoms with E-state index in [4.69, 9.17) is 9.16 Å². The predicted octanol–water partition coefficient (Wildman–Crippen LogP) is 4.80. The molecule has 23 heavy (non-hydrogen) atoms. The average molecular weight is 353 g/mol. The lowest BCUT2D eigenvalue weighted by Gasteiger charge is -2.52. The standard InChI is InChI=1S/C18H28O3SSi/c1-15(19)22-13-9-8-12-18(21-23(2,3)4)14-20-17(18)16-10-6-5-7-11-16/h5-7,10-11,17H,8-9,12-14H2,1-4H3/t17-,18-/m1/s1. The highest BCUT2D eigenvalue weighted by Gasteiger charge is 2.51. The van der Waals surface area contributed by atoms with Gasteiger partial charge in [0.05, 0.1) is 6.61 Å². The normalized spacial score (nSPS) is 24.3. The van der Waals surface area contributed by atoms with Gasteiger partial charge in [-0.1, -0.05) is 42.1 Å². The summed E-state index contributed by atoms with van der Waals surface area (Å²) in [4.78, 5) is 11.0. The molecule has 0 aromatic heterocycles. The van der Waals surface area contributed by atoms with Crippen molar-refractivity contribution in [2.75, 3.05) is 12.4 Å². The van der Waals surface area contributed by atoms with Gasteiger partial charge in [-0.2, -0.15) is 0 Å². The maximum absolute atomic E-state index is 11.0. The third-order valence-corrected chi connectivity index (χ3v) is 5.80. The molecular weight excluding hydrogens is 324 g/mol. The Morgan fingerprint density at radius 3 is 2.52 bits per heavy atom. The highest BCUT2D eigenvalue weighted by atomic mass is 32.2. The van der Waals surface area contributed by atoms with Gasteiger partial charge >= 0.3 is 0 Å². The number of ether oxygens (including phenoxy) is 1. The first-order valence-electron chi connectivity index (χ1n) is 8.32. The minimum absolute atomic E-state index is 0.0379. The van der Waals surface area contributed by atoms with Gasteiger partial charge in [0, 0.05) is 12.7 Å². The number of hydrogen-bond acceptors (Lipinski definition) is 4. The van der Waals surface area contributed by atoms with E-state index < -0.39 is 8.32 Å². The van der Waals surface area contributed by atoms with Crippen molar-refractivity contribution < 1.29 is 14.0 Å². The first kappa shape index (κ1) is 18.7. The fourth-order valence-corrected chi connectivity index (χ4v) is 5.19. The van der Waals surface area contributed by atoms with Crippen LogP contribution in [-0.2, 0) is 14.0 Å². The highest BCUT2D eigenvalue weighted by Crippen LogP contribution is 2.46. The molecule has 1 saturated heterocycles. The van der Waals surface area contributed by atoms with Crippen LogP contribution in [-0.4, -0.2) is 31.4 Å². The van der Waals surface area contributed by atoms with Crippen molar-refractivity contribution in [3.05, 3.63) is 35.9 Å². The largest absolute Gasteiger partial charge is 0.407 e. The third-order valence-electron chi connectivity index (χ3n) is 3.88. The lowest BCUT2D eigenvalue weighted by atomic mass is 9.83. The predicted molar refractivity (Wildman–Crippen MR) is 99.3 cm³/mol. The van der Waals surface area contributed by atoms with E-state index in [1.807, 2.05) is 6.07 Å². The fraction of sp³-hybridized carbons (Fsp3) is 0.611. The molecular formula is C18H28O3SSi. The molecule has 1 aromatic rings. The summed E-state index contributed by atoms with van der Waals surface area (Å²) in [6.45, 7) is 9.02. The van der Waals surface area contributed by atoms with Crippen molar-refractivity contribution in [2.45, 2.75) is 57.5 Å². The molecule has 2 atom stereocenters. The second kappa shape index (κ2) is 7.97. The van der Waals surface area contributed by atoms with E-state index in [0.29, 0.717) is 6.61 Å². The van der Waals surface area contributed by atoms with Gasteiger partial charge in [0.2, 0.25) is 0 Å². The van der Waals surface area contributed by atoms with Crippen molar-refractivity contribution in [3.63, 3.8) is 0 Å². The molecule has 0 aliphatic carbocycles. The topological polar surface area (TPSA) is 35.5 Å². The number of thioether (sulfide) groups is 1. The van der Waals surface area contributed by atoms with Crippen LogP contribution in [0.25, 0.3) is 0 Å². The quantitative estimate of drug-likeness (QED) is 0.497. The summed E-state index contributed by atoms with van der Waals surface area (Å²) < 4.78 is 12.5. The summed E-state index contributed by atoms with van der Waals surface area (Å²) >= 11 is 1.42. The number of rotatable bonds is 8. The Labute approximate surface area is 145 Å². The maximum Gasteiger partial charge on any atom is 0.185 e. The summed E-state index contributed by atoms with van der Waals surface area (Å²) in [5.74, 6) is 0.898. The van der Waals surface area contributed by atoms with Crippen LogP contribution < -0.4 is 0 Å². The van der Waals surface area contributed by atoms with Crippen molar-refractivity contribution >= 4 is 25.2 Å². The van der Waals surface area contributed by atoms with Crippen LogP contribution in [0, 0.1) is 0 Å². The first-order chi connectivity index (χ1) is 10.8. The summed E-state index contributed by atoms with van der Waals surface area (Å²) in [7, 11) is -1.66. The molecule has 1 heterocycles. The zero-order chi connectivity index (χ0) is 16.9. The molecule has 0 saturated carbocycles. The minimum Gasteiger partial charge on any atom is -0.407 e. The van der Waals surface area contributed by atoms with E-state index in [-0.39, 0.29) is 16.8 Å². The van der Waals surface area contributed by atoms with Gasteiger partial charge in [0.15, 0.2) is 13.4 Å². The molecule has 0 bridgehead atoms. The summed E-state index contributed by atoms with van der Waals surface area (Å²) in [5, 5.41) is 0.201. The van der Waals surface area contributed by atoms with Crippen molar-refractivity contribution in [1.82, 2.24) is 0 Å². The Hall–Kier alpha value is -0.623. The van der Waals surface area contributed by atoms with Gasteiger partial charge in [-0.05, 0) is 44.5 Å². The van der Waals surface area contributed by atoms with E-state index in [1.165, 1.54) is 17.3 Å². The third kappa shape index (κ3) is 5.45. The average Bonchev–Trinajstić information content (AvgIpc) is 2.44. The Bertz CT molecular complexity index is 515. The summed E-state index contributed by atoms with van der Waals surface area (Å²) in [6, 6.07) is 10.4. The van der Waals surface area contributed by atoms with Crippen LogP contribution in [0.4, 0.5) is 0 Å². The number of carbonyl (C=O) groups excluding carboxylic acids is 1. The van der Waals surface area contributed by atoms with Crippen LogP contribution in [0.1, 0.15) is 37.9 Å². The van der Waals surface area contributed by atoms with E-state index in [0.717, 1.165) is 25.0 Å². The lowest BCUT2D eigenvalue weighted by Crippen LogP contribution is -2.58. The van der Waals surface area contributed by atoms with Crippen LogP contribution in [0.5, 0.6) is 0 Å². The number of unbranched alkanes of at least 4 members (excludes halogenated alkanes) is 1. The van der Waals surface area contributed by atoms with E-state index >= 15 is 0 Å². The van der Waals surface area contributed by atoms with Gasteiger partial charge in [0.1, 0.15) is 11.7 Å². The number of hydrogen-bond donors (Lipinski definition) is 0.